The van der Waals surface area contributed by atoms with Crippen LogP contribution in [0.4, 0.5) is 0 Å². The molecule has 0 saturated heterocycles. The van der Waals surface area contributed by atoms with E-state index in [1.54, 1.807) is 0 Å². The lowest BCUT2D eigenvalue weighted by Crippen LogP contribution is -1.99. The average molecular weight is 224 g/mol. The molecule has 0 aromatic carbocycles. The van der Waals surface area contributed by atoms with Crippen LogP contribution in [0.1, 0.15) is 19.1 Å². The summed E-state index contributed by atoms with van der Waals surface area (Å²) in [5.74, 6) is 1.50. The first-order valence-corrected chi connectivity index (χ1v) is 5.22. The highest BCUT2D eigenvalue weighted by Gasteiger charge is 2.11. The Kier molecular flexibility index (Phi) is 2.68. The number of nitrogens with zero attached hydrogens (tertiary/aromatic N) is 3. The quantitative estimate of drug-likeness (QED) is 0.813. The predicted octanol–water partition coefficient (Wildman–Crippen LogP) is 2.31. The first-order valence-electron chi connectivity index (χ1n) is 4.81. The number of rotatable bonds is 3. The molecule has 2 rings (SSSR count). The minimum Gasteiger partial charge on any atom is -0.361 e. The summed E-state index contributed by atoms with van der Waals surface area (Å²) in [4.78, 5) is 0. The van der Waals surface area contributed by atoms with Crippen LogP contribution in [0.25, 0.3) is 11.5 Å². The monoisotopic (exact) mass is 224 g/mol. The Morgan fingerprint density at radius 1 is 1.60 bits per heavy atom. The van der Waals surface area contributed by atoms with E-state index in [0.717, 1.165) is 24.6 Å². The van der Waals surface area contributed by atoms with Gasteiger partial charge in [-0.05, 0) is 25.6 Å². The van der Waals surface area contributed by atoms with Crippen LogP contribution in [0, 0.1) is 11.7 Å². The van der Waals surface area contributed by atoms with E-state index in [4.69, 9.17) is 16.7 Å². The summed E-state index contributed by atoms with van der Waals surface area (Å²) < 4.78 is 7.55. The average Bonchev–Trinajstić information content (AvgIpc) is 2.76. The van der Waals surface area contributed by atoms with E-state index >= 15 is 0 Å². The summed E-state index contributed by atoms with van der Waals surface area (Å²) in [6.07, 6.45) is 0.998. The summed E-state index contributed by atoms with van der Waals surface area (Å²) in [5, 5.41) is 10.8. The van der Waals surface area contributed by atoms with Crippen molar-refractivity contribution in [3.8, 4) is 11.5 Å². The number of hydrogen-bond acceptors (Lipinski definition) is 4. The number of aromatic amines is 1. The highest BCUT2D eigenvalue weighted by molar-refractivity contribution is 7.71. The van der Waals surface area contributed by atoms with E-state index in [9.17, 15) is 0 Å². The van der Waals surface area contributed by atoms with Gasteiger partial charge in [0.15, 0.2) is 16.3 Å². The molecule has 0 unspecified atom stereocenters. The summed E-state index contributed by atoms with van der Waals surface area (Å²) in [5.41, 5.74) is 0.716. The van der Waals surface area contributed by atoms with Crippen molar-refractivity contribution in [2.24, 2.45) is 0 Å². The Hall–Kier alpha value is -1.43. The molecule has 0 saturated carbocycles. The molecule has 0 amide bonds. The van der Waals surface area contributed by atoms with Crippen LogP contribution in [-0.2, 0) is 6.54 Å². The van der Waals surface area contributed by atoms with Crippen LogP contribution in [0.15, 0.2) is 10.6 Å². The number of aryl methyl sites for hydroxylation is 1. The first kappa shape index (κ1) is 10.1. The second-order valence-corrected chi connectivity index (χ2v) is 3.71. The molecule has 0 aliphatic carbocycles. The van der Waals surface area contributed by atoms with Crippen molar-refractivity contribution in [1.29, 1.82) is 0 Å². The van der Waals surface area contributed by atoms with Gasteiger partial charge in [0, 0.05) is 12.6 Å². The van der Waals surface area contributed by atoms with Crippen molar-refractivity contribution in [1.82, 2.24) is 19.9 Å². The molecule has 0 aliphatic rings. The lowest BCUT2D eigenvalue weighted by Gasteiger charge is -2.00. The lowest BCUT2D eigenvalue weighted by atomic mass is 10.3. The van der Waals surface area contributed by atoms with E-state index in [1.807, 2.05) is 17.6 Å². The molecule has 0 aliphatic heterocycles. The summed E-state index contributed by atoms with van der Waals surface area (Å²) in [6, 6.07) is 1.84. The SMILES string of the molecule is CCCn1c(-c2cc(C)on2)n[nH]c1=S. The molecule has 2 aromatic rings. The number of H-pyrrole nitrogens is 1. The molecule has 0 atom stereocenters. The van der Waals surface area contributed by atoms with Crippen LogP contribution in [-0.4, -0.2) is 19.9 Å². The maximum atomic E-state index is 5.13. The fourth-order valence-corrected chi connectivity index (χ4v) is 1.64. The second-order valence-electron chi connectivity index (χ2n) is 3.33. The van der Waals surface area contributed by atoms with Gasteiger partial charge in [-0.1, -0.05) is 12.1 Å². The summed E-state index contributed by atoms with van der Waals surface area (Å²) in [6.45, 7) is 4.77. The van der Waals surface area contributed by atoms with E-state index in [-0.39, 0.29) is 0 Å². The smallest absolute Gasteiger partial charge is 0.195 e. The molecular formula is C9H12N4OS. The third-order valence-electron chi connectivity index (χ3n) is 2.06. The van der Waals surface area contributed by atoms with Gasteiger partial charge in [0.05, 0.1) is 0 Å². The van der Waals surface area contributed by atoms with Gasteiger partial charge in [0.2, 0.25) is 0 Å². The van der Waals surface area contributed by atoms with Crippen molar-refractivity contribution in [2.75, 3.05) is 0 Å². The van der Waals surface area contributed by atoms with Gasteiger partial charge in [-0.3, -0.25) is 9.67 Å². The number of nitrogens with one attached hydrogen (secondary N) is 1. The zero-order chi connectivity index (χ0) is 10.8. The topological polar surface area (TPSA) is 59.6 Å². The zero-order valence-electron chi connectivity index (χ0n) is 8.65. The zero-order valence-corrected chi connectivity index (χ0v) is 9.47. The van der Waals surface area contributed by atoms with Gasteiger partial charge < -0.3 is 4.52 Å². The number of hydrogen-bond donors (Lipinski definition) is 1. The lowest BCUT2D eigenvalue weighted by molar-refractivity contribution is 0.399. The molecule has 5 nitrogen and oxygen atoms in total. The highest BCUT2D eigenvalue weighted by Crippen LogP contribution is 2.16. The molecule has 2 heterocycles. The van der Waals surface area contributed by atoms with Crippen LogP contribution < -0.4 is 0 Å². The maximum absolute atomic E-state index is 5.13. The minimum absolute atomic E-state index is 0.618. The van der Waals surface area contributed by atoms with Crippen molar-refractivity contribution in [3.63, 3.8) is 0 Å². The summed E-state index contributed by atoms with van der Waals surface area (Å²) in [7, 11) is 0. The molecule has 1 N–H and O–H groups in total. The van der Waals surface area contributed by atoms with Crippen molar-refractivity contribution in [2.45, 2.75) is 26.8 Å². The Labute approximate surface area is 92.1 Å². The van der Waals surface area contributed by atoms with Gasteiger partial charge >= 0.3 is 0 Å². The van der Waals surface area contributed by atoms with E-state index in [2.05, 4.69) is 22.3 Å². The summed E-state index contributed by atoms with van der Waals surface area (Å²) >= 11 is 5.13. The molecule has 0 fully saturated rings. The normalized spacial score (nSPS) is 10.8. The largest absolute Gasteiger partial charge is 0.361 e. The third-order valence-corrected chi connectivity index (χ3v) is 2.37. The Morgan fingerprint density at radius 2 is 2.40 bits per heavy atom. The third kappa shape index (κ3) is 1.85. The fraction of sp³-hybridized carbons (Fsp3) is 0.444. The maximum Gasteiger partial charge on any atom is 0.195 e. The molecule has 6 heteroatoms. The van der Waals surface area contributed by atoms with Gasteiger partial charge in [-0.15, -0.1) is 0 Å². The molecule has 2 aromatic heterocycles. The Morgan fingerprint density at radius 3 is 3.00 bits per heavy atom. The van der Waals surface area contributed by atoms with Crippen molar-refractivity contribution < 1.29 is 4.52 Å². The first-order chi connectivity index (χ1) is 7.22. The molecule has 15 heavy (non-hydrogen) atoms. The fourth-order valence-electron chi connectivity index (χ4n) is 1.42. The molecule has 0 bridgehead atoms. The standard InChI is InChI=1S/C9H12N4OS/c1-3-4-13-8(10-11-9(13)15)7-5-6(2)14-12-7/h5H,3-4H2,1-2H3,(H,11,15). The Bertz CT molecular complexity index is 510. The van der Waals surface area contributed by atoms with E-state index in [0.29, 0.717) is 10.5 Å². The molecule has 80 valence electrons. The predicted molar refractivity (Wildman–Crippen MR) is 57.9 cm³/mol. The van der Waals surface area contributed by atoms with Gasteiger partial charge in [0.25, 0.3) is 0 Å². The van der Waals surface area contributed by atoms with Gasteiger partial charge in [-0.2, -0.15) is 5.10 Å². The van der Waals surface area contributed by atoms with Crippen LogP contribution in [0.2, 0.25) is 0 Å². The van der Waals surface area contributed by atoms with Crippen LogP contribution in [0.3, 0.4) is 0 Å². The van der Waals surface area contributed by atoms with Crippen molar-refractivity contribution >= 4 is 12.2 Å². The second kappa shape index (κ2) is 3.98. The highest BCUT2D eigenvalue weighted by atomic mass is 32.1. The van der Waals surface area contributed by atoms with Gasteiger partial charge in [0.1, 0.15) is 5.76 Å². The minimum atomic E-state index is 0.618. The van der Waals surface area contributed by atoms with Crippen LogP contribution >= 0.6 is 12.2 Å². The molecular weight excluding hydrogens is 212 g/mol. The Balaban J connectivity index is 2.48. The van der Waals surface area contributed by atoms with E-state index in [1.165, 1.54) is 0 Å². The van der Waals surface area contributed by atoms with Gasteiger partial charge in [-0.25, -0.2) is 0 Å². The van der Waals surface area contributed by atoms with E-state index < -0.39 is 0 Å². The van der Waals surface area contributed by atoms with Crippen molar-refractivity contribution in [3.05, 3.63) is 16.6 Å². The number of aromatic nitrogens is 4. The molecule has 0 radical (unpaired) electrons. The molecule has 0 spiro atoms. The van der Waals surface area contributed by atoms with Crippen LogP contribution in [0.5, 0.6) is 0 Å².